The maximum absolute atomic E-state index is 13.4. The van der Waals surface area contributed by atoms with Gasteiger partial charge in [0.2, 0.25) is 0 Å². The van der Waals surface area contributed by atoms with Crippen LogP contribution in [0.3, 0.4) is 0 Å². The second-order valence-electron chi connectivity index (χ2n) is 9.19. The topological polar surface area (TPSA) is 124 Å². The molecule has 4 atom stereocenters. The van der Waals surface area contributed by atoms with Gasteiger partial charge in [0, 0.05) is 23.4 Å². The number of fused-ring (bicyclic) bond motifs is 2. The lowest BCUT2D eigenvalue weighted by atomic mass is 9.51. The zero-order valence-corrected chi connectivity index (χ0v) is 20.0. The van der Waals surface area contributed by atoms with Gasteiger partial charge in [-0.2, -0.15) is 0 Å². The summed E-state index contributed by atoms with van der Waals surface area (Å²) in [5, 5.41) is 31.9. The standard InChI is InChI=1S/C23H23ClF3NO6S/c1-10(29)21(30)23(32)12-5-13(23)7-15(6-12)35(33,34)19-4-11(2-3-16(19)24)22(31)28-14-8-17(25)20(27)18(26)9-14/h2-4,8-10,12-13,15,21,29-30,32H,5-7H2,1H3,(H,28,31)/t10-,12?,13?,15?,21+,23?/m0/s1. The minimum Gasteiger partial charge on any atom is -0.391 e. The Balaban J connectivity index is 1.57. The maximum atomic E-state index is 13.4. The number of hydrogen-bond donors (Lipinski definition) is 4. The first kappa shape index (κ1) is 25.9. The molecule has 35 heavy (non-hydrogen) atoms. The Morgan fingerprint density at radius 1 is 1.09 bits per heavy atom. The summed E-state index contributed by atoms with van der Waals surface area (Å²) < 4.78 is 66.8. The van der Waals surface area contributed by atoms with Gasteiger partial charge in [-0.15, -0.1) is 0 Å². The summed E-state index contributed by atoms with van der Waals surface area (Å²) in [6, 6.07) is 4.64. The average Bonchev–Trinajstić information content (AvgIpc) is 2.81. The van der Waals surface area contributed by atoms with E-state index in [2.05, 4.69) is 5.32 Å². The molecule has 2 unspecified atom stereocenters. The van der Waals surface area contributed by atoms with E-state index < -0.39 is 68.1 Å². The van der Waals surface area contributed by atoms with E-state index in [1.54, 1.807) is 0 Å². The highest BCUT2D eigenvalue weighted by atomic mass is 35.5. The molecule has 1 amide bonds. The predicted molar refractivity (Wildman–Crippen MR) is 120 cm³/mol. The van der Waals surface area contributed by atoms with Gasteiger partial charge in [-0.1, -0.05) is 11.6 Å². The molecule has 5 rings (SSSR count). The van der Waals surface area contributed by atoms with Crippen molar-refractivity contribution in [2.45, 2.75) is 54.1 Å². The van der Waals surface area contributed by atoms with Gasteiger partial charge < -0.3 is 20.6 Å². The summed E-state index contributed by atoms with van der Waals surface area (Å²) in [6.07, 6.45) is -2.04. The van der Waals surface area contributed by atoms with Crippen LogP contribution < -0.4 is 5.32 Å². The molecule has 3 aliphatic rings. The van der Waals surface area contributed by atoms with Crippen LogP contribution in [0, 0.1) is 29.3 Å². The van der Waals surface area contributed by atoms with E-state index in [1.165, 1.54) is 19.1 Å². The lowest BCUT2D eigenvalue weighted by molar-refractivity contribution is -0.249. The lowest BCUT2D eigenvalue weighted by Crippen LogP contribution is -2.69. The molecule has 2 aromatic carbocycles. The van der Waals surface area contributed by atoms with Crippen LogP contribution in [0.25, 0.3) is 0 Å². The summed E-state index contributed by atoms with van der Waals surface area (Å²) in [5.41, 5.74) is -2.11. The molecule has 3 fully saturated rings. The van der Waals surface area contributed by atoms with Crippen LogP contribution in [0.1, 0.15) is 36.5 Å². The number of rotatable bonds is 6. The summed E-state index contributed by atoms with van der Waals surface area (Å²) in [5.74, 6) is -6.68. The van der Waals surface area contributed by atoms with E-state index in [0.717, 1.165) is 6.07 Å². The Hall–Kier alpha value is -2.18. The molecular weight excluding hydrogens is 511 g/mol. The van der Waals surface area contributed by atoms with Crippen molar-refractivity contribution in [2.75, 3.05) is 5.32 Å². The van der Waals surface area contributed by atoms with E-state index >= 15 is 0 Å². The van der Waals surface area contributed by atoms with E-state index in [0.29, 0.717) is 18.6 Å². The van der Waals surface area contributed by atoms with Crippen molar-refractivity contribution < 1.29 is 41.7 Å². The van der Waals surface area contributed by atoms with Crippen molar-refractivity contribution in [3.05, 3.63) is 58.4 Å². The molecule has 3 saturated carbocycles. The second kappa shape index (κ2) is 9.04. The molecule has 190 valence electrons. The number of benzene rings is 2. The average molecular weight is 534 g/mol. The molecule has 0 aliphatic heterocycles. The number of anilines is 1. The number of aliphatic hydroxyl groups is 3. The number of carbonyl (C=O) groups is 1. The number of amides is 1. The van der Waals surface area contributed by atoms with Crippen molar-refractivity contribution >= 4 is 33.0 Å². The molecule has 2 bridgehead atoms. The van der Waals surface area contributed by atoms with Gasteiger partial charge in [-0.05, 0) is 56.2 Å². The van der Waals surface area contributed by atoms with Gasteiger partial charge in [-0.25, -0.2) is 21.6 Å². The van der Waals surface area contributed by atoms with Crippen LogP contribution in [-0.2, 0) is 9.84 Å². The Labute approximate surface area is 204 Å². The zero-order chi connectivity index (χ0) is 25.9. The number of hydrogen-bond acceptors (Lipinski definition) is 6. The van der Waals surface area contributed by atoms with Crippen LogP contribution in [-0.4, -0.2) is 52.7 Å². The first-order chi connectivity index (χ1) is 16.3. The fourth-order valence-electron chi connectivity index (χ4n) is 5.19. The summed E-state index contributed by atoms with van der Waals surface area (Å²) >= 11 is 6.15. The summed E-state index contributed by atoms with van der Waals surface area (Å²) in [7, 11) is -4.08. The van der Waals surface area contributed by atoms with E-state index in [9.17, 15) is 41.7 Å². The van der Waals surface area contributed by atoms with Crippen molar-refractivity contribution in [1.29, 1.82) is 0 Å². The van der Waals surface area contributed by atoms with E-state index in [4.69, 9.17) is 11.6 Å². The minimum absolute atomic E-state index is 0.0278. The molecule has 2 aromatic rings. The fraction of sp³-hybridized carbons (Fsp3) is 0.435. The van der Waals surface area contributed by atoms with Gasteiger partial charge in [0.1, 0.15) is 6.10 Å². The molecule has 0 spiro atoms. The van der Waals surface area contributed by atoms with Gasteiger partial charge in [0.05, 0.1) is 26.9 Å². The summed E-state index contributed by atoms with van der Waals surface area (Å²) in [4.78, 5) is 12.3. The van der Waals surface area contributed by atoms with Crippen molar-refractivity contribution in [1.82, 2.24) is 0 Å². The molecule has 7 nitrogen and oxygen atoms in total. The smallest absolute Gasteiger partial charge is 0.255 e. The van der Waals surface area contributed by atoms with Crippen LogP contribution in [0.15, 0.2) is 35.2 Å². The Morgan fingerprint density at radius 3 is 2.20 bits per heavy atom. The number of halogens is 4. The minimum atomic E-state index is -4.08. The first-order valence-electron chi connectivity index (χ1n) is 10.8. The Bertz CT molecular complexity index is 1250. The molecule has 3 aliphatic carbocycles. The number of carbonyl (C=O) groups excluding carboxylic acids is 1. The molecule has 0 radical (unpaired) electrons. The highest BCUT2D eigenvalue weighted by molar-refractivity contribution is 7.92. The van der Waals surface area contributed by atoms with Crippen molar-refractivity contribution in [3.63, 3.8) is 0 Å². The number of nitrogens with one attached hydrogen (secondary N) is 1. The fourth-order valence-corrected chi connectivity index (χ4v) is 7.59. The van der Waals surface area contributed by atoms with Gasteiger partial charge in [0.15, 0.2) is 27.3 Å². The summed E-state index contributed by atoms with van der Waals surface area (Å²) in [6.45, 7) is 1.34. The lowest BCUT2D eigenvalue weighted by Gasteiger charge is -2.60. The molecule has 0 heterocycles. The Kier molecular flexibility index (Phi) is 6.69. The quantitative estimate of drug-likeness (QED) is 0.423. The highest BCUT2D eigenvalue weighted by Crippen LogP contribution is 2.57. The van der Waals surface area contributed by atoms with Gasteiger partial charge in [0.25, 0.3) is 5.91 Å². The molecule has 4 N–H and O–H groups in total. The largest absolute Gasteiger partial charge is 0.391 e. The predicted octanol–water partition coefficient (Wildman–Crippen LogP) is 3.05. The van der Waals surface area contributed by atoms with Gasteiger partial charge >= 0.3 is 0 Å². The zero-order valence-electron chi connectivity index (χ0n) is 18.4. The normalized spacial score (nSPS) is 27.6. The second-order valence-corrected chi connectivity index (χ2v) is 11.8. The third-order valence-electron chi connectivity index (χ3n) is 7.08. The van der Waals surface area contributed by atoms with Crippen LogP contribution >= 0.6 is 11.6 Å². The maximum Gasteiger partial charge on any atom is 0.255 e. The van der Waals surface area contributed by atoms with Crippen LogP contribution in [0.2, 0.25) is 5.02 Å². The first-order valence-corrected chi connectivity index (χ1v) is 12.8. The molecular formula is C23H23ClF3NO6S. The third kappa shape index (κ3) is 4.33. The Morgan fingerprint density at radius 2 is 1.66 bits per heavy atom. The van der Waals surface area contributed by atoms with Crippen LogP contribution in [0.5, 0.6) is 0 Å². The number of sulfone groups is 1. The van der Waals surface area contributed by atoms with E-state index in [1.807, 2.05) is 0 Å². The number of aliphatic hydroxyl groups excluding tert-OH is 2. The third-order valence-corrected chi connectivity index (χ3v) is 9.74. The molecule has 12 heteroatoms. The van der Waals surface area contributed by atoms with E-state index in [-0.39, 0.29) is 34.0 Å². The molecule has 0 saturated heterocycles. The monoisotopic (exact) mass is 533 g/mol. The SMILES string of the molecule is C[C@H](O)[C@@H](O)C1(O)C2CC1CC(S(=O)(=O)c1cc(C(=O)Nc3cc(F)c(F)c(F)c3)ccc1Cl)C2. The van der Waals surface area contributed by atoms with Crippen molar-refractivity contribution in [3.8, 4) is 0 Å². The molecule has 0 aromatic heterocycles. The van der Waals surface area contributed by atoms with Crippen LogP contribution in [0.4, 0.5) is 18.9 Å². The van der Waals surface area contributed by atoms with Crippen molar-refractivity contribution in [2.24, 2.45) is 11.8 Å². The van der Waals surface area contributed by atoms with Gasteiger partial charge in [-0.3, -0.25) is 4.79 Å². The highest BCUT2D eigenvalue weighted by Gasteiger charge is 2.63.